The Morgan fingerprint density at radius 1 is 1.23 bits per heavy atom. The molecule has 1 saturated carbocycles. The molecule has 6 heteroatoms. The van der Waals surface area contributed by atoms with E-state index in [9.17, 15) is 9.90 Å². The maximum atomic E-state index is 12.3. The minimum absolute atomic E-state index is 0.0275. The largest absolute Gasteiger partial charge is 0.393 e. The summed E-state index contributed by atoms with van der Waals surface area (Å²) in [5.41, 5.74) is 1.42. The van der Waals surface area contributed by atoms with Gasteiger partial charge in [-0.15, -0.1) is 0 Å². The number of aliphatic hydroxyl groups is 1. The van der Waals surface area contributed by atoms with Crippen molar-refractivity contribution in [2.45, 2.75) is 31.4 Å². The quantitative estimate of drug-likeness (QED) is 0.859. The zero-order valence-electron chi connectivity index (χ0n) is 12.1. The molecule has 0 spiro atoms. The van der Waals surface area contributed by atoms with Crippen LogP contribution in [0.4, 0.5) is 0 Å². The maximum Gasteiger partial charge on any atom is 0.271 e. The third kappa shape index (κ3) is 3.46. The van der Waals surface area contributed by atoms with Crippen LogP contribution in [0, 0.1) is 5.92 Å². The Morgan fingerprint density at radius 3 is 2.64 bits per heavy atom. The molecule has 2 heterocycles. The highest BCUT2D eigenvalue weighted by atomic mass is 16.3. The molecule has 0 aromatic carbocycles. The molecule has 1 atom stereocenters. The summed E-state index contributed by atoms with van der Waals surface area (Å²) in [6.45, 7) is 0. The van der Waals surface area contributed by atoms with Gasteiger partial charge in [0.05, 0.1) is 12.3 Å². The molecule has 6 nitrogen and oxygen atoms in total. The number of hydrogen-bond donors (Lipinski definition) is 2. The van der Waals surface area contributed by atoms with E-state index in [0.717, 1.165) is 18.4 Å². The first kappa shape index (κ1) is 14.6. The second-order valence-electron chi connectivity index (χ2n) is 5.62. The van der Waals surface area contributed by atoms with Gasteiger partial charge in [-0.2, -0.15) is 0 Å². The molecule has 2 aromatic rings. The van der Waals surface area contributed by atoms with Crippen LogP contribution in [0.15, 0.2) is 43.1 Å². The van der Waals surface area contributed by atoms with Gasteiger partial charge in [-0.1, -0.05) is 0 Å². The van der Waals surface area contributed by atoms with E-state index in [0.29, 0.717) is 12.1 Å². The predicted octanol–water partition coefficient (Wildman–Crippen LogP) is 0.984. The molecule has 2 N–H and O–H groups in total. The topological polar surface area (TPSA) is 88.0 Å². The van der Waals surface area contributed by atoms with Gasteiger partial charge in [0, 0.05) is 30.8 Å². The van der Waals surface area contributed by atoms with Crippen LogP contribution in [0.25, 0.3) is 0 Å². The summed E-state index contributed by atoms with van der Waals surface area (Å²) in [6, 6.07) is 3.85. The molecular weight excluding hydrogens is 280 g/mol. The van der Waals surface area contributed by atoms with Crippen LogP contribution >= 0.6 is 0 Å². The van der Waals surface area contributed by atoms with Gasteiger partial charge >= 0.3 is 0 Å². The normalized spacial score (nSPS) is 21.7. The van der Waals surface area contributed by atoms with Crippen LogP contribution in [-0.4, -0.2) is 38.1 Å². The number of nitrogens with zero attached hydrogens (tertiary/aromatic N) is 3. The first-order valence-electron chi connectivity index (χ1n) is 7.36. The number of carbonyl (C=O) groups excluding carboxylic acids is 1. The van der Waals surface area contributed by atoms with Crippen molar-refractivity contribution in [3.05, 3.63) is 54.4 Å². The highest BCUT2D eigenvalue weighted by Crippen LogP contribution is 2.31. The van der Waals surface area contributed by atoms with Crippen LogP contribution < -0.4 is 5.32 Å². The van der Waals surface area contributed by atoms with E-state index in [1.807, 2.05) is 12.1 Å². The van der Waals surface area contributed by atoms with E-state index in [2.05, 4.69) is 20.3 Å². The van der Waals surface area contributed by atoms with Gasteiger partial charge < -0.3 is 10.4 Å². The lowest BCUT2D eigenvalue weighted by atomic mass is 9.75. The summed E-state index contributed by atoms with van der Waals surface area (Å²) >= 11 is 0. The summed E-state index contributed by atoms with van der Waals surface area (Å²) in [5, 5.41) is 12.6. The number of pyridine rings is 1. The highest BCUT2D eigenvalue weighted by Gasteiger charge is 2.35. The number of aromatic nitrogens is 3. The maximum absolute atomic E-state index is 12.3. The second-order valence-corrected chi connectivity index (χ2v) is 5.62. The van der Waals surface area contributed by atoms with Crippen molar-refractivity contribution in [2.24, 2.45) is 5.92 Å². The van der Waals surface area contributed by atoms with E-state index in [4.69, 9.17) is 0 Å². The van der Waals surface area contributed by atoms with Crippen molar-refractivity contribution in [1.82, 2.24) is 20.3 Å². The second kappa shape index (κ2) is 6.62. The Kier molecular flexibility index (Phi) is 4.39. The minimum Gasteiger partial charge on any atom is -0.393 e. The number of carbonyl (C=O) groups is 1. The fourth-order valence-electron chi connectivity index (χ4n) is 2.73. The summed E-state index contributed by atoms with van der Waals surface area (Å²) in [5.74, 6) is 0.0531. The van der Waals surface area contributed by atoms with Crippen LogP contribution in [0.3, 0.4) is 0 Å². The van der Waals surface area contributed by atoms with Gasteiger partial charge in [-0.05, 0) is 42.9 Å². The van der Waals surface area contributed by atoms with Gasteiger partial charge in [-0.3, -0.25) is 14.8 Å². The smallest absolute Gasteiger partial charge is 0.271 e. The third-order valence-corrected chi connectivity index (χ3v) is 4.04. The van der Waals surface area contributed by atoms with Gasteiger partial charge in [-0.25, -0.2) is 4.98 Å². The minimum atomic E-state index is -0.252. The van der Waals surface area contributed by atoms with Gasteiger partial charge in [0.1, 0.15) is 5.69 Å². The molecule has 0 bridgehead atoms. The Morgan fingerprint density at radius 2 is 2.00 bits per heavy atom. The third-order valence-electron chi connectivity index (χ3n) is 4.04. The van der Waals surface area contributed by atoms with Crippen molar-refractivity contribution in [1.29, 1.82) is 0 Å². The average Bonchev–Trinajstić information content (AvgIpc) is 2.53. The predicted molar refractivity (Wildman–Crippen MR) is 80.0 cm³/mol. The zero-order chi connectivity index (χ0) is 15.4. The summed E-state index contributed by atoms with van der Waals surface area (Å²) < 4.78 is 0. The van der Waals surface area contributed by atoms with E-state index >= 15 is 0 Å². The van der Waals surface area contributed by atoms with Crippen LogP contribution in [0.2, 0.25) is 0 Å². The molecule has 1 aliphatic carbocycles. The van der Waals surface area contributed by atoms with E-state index < -0.39 is 0 Å². The molecule has 1 amide bonds. The van der Waals surface area contributed by atoms with Gasteiger partial charge in [0.2, 0.25) is 0 Å². The van der Waals surface area contributed by atoms with Crippen molar-refractivity contribution < 1.29 is 9.90 Å². The molecule has 1 aliphatic rings. The fraction of sp³-hybridized carbons (Fsp3) is 0.375. The molecular formula is C16H18N4O2. The lowest BCUT2D eigenvalue weighted by Crippen LogP contribution is -2.48. The zero-order valence-corrected chi connectivity index (χ0v) is 12.1. The number of hydrogen-bond acceptors (Lipinski definition) is 5. The molecule has 0 unspecified atom stereocenters. The first-order valence-corrected chi connectivity index (χ1v) is 7.36. The molecule has 0 radical (unpaired) electrons. The van der Waals surface area contributed by atoms with Crippen molar-refractivity contribution >= 4 is 5.91 Å². The van der Waals surface area contributed by atoms with Crippen molar-refractivity contribution in [3.63, 3.8) is 0 Å². The summed E-state index contributed by atoms with van der Waals surface area (Å²) in [4.78, 5) is 24.2. The molecule has 3 rings (SSSR count). The number of amides is 1. The molecule has 0 saturated heterocycles. The standard InChI is InChI=1S/C16H18N4O2/c21-13-8-12(9-13)14(7-11-1-3-17-4-2-11)20-16(22)15-10-18-5-6-19-15/h1-6,10,12-14,21H,7-9H2,(H,20,22)/t12?,13?,14-/m1/s1. The molecule has 1 fully saturated rings. The molecule has 114 valence electrons. The summed E-state index contributed by atoms with van der Waals surface area (Å²) in [7, 11) is 0. The fourth-order valence-corrected chi connectivity index (χ4v) is 2.73. The Hall–Kier alpha value is -2.34. The highest BCUT2D eigenvalue weighted by molar-refractivity contribution is 5.92. The average molecular weight is 298 g/mol. The molecule has 22 heavy (non-hydrogen) atoms. The SMILES string of the molecule is O=C(N[C@H](Cc1ccncc1)C1CC(O)C1)c1cnccn1. The Balaban J connectivity index is 1.70. The molecule has 2 aromatic heterocycles. The van der Waals surface area contributed by atoms with Crippen molar-refractivity contribution in [3.8, 4) is 0 Å². The lowest BCUT2D eigenvalue weighted by molar-refractivity contribution is 0.0238. The van der Waals surface area contributed by atoms with E-state index in [1.165, 1.54) is 18.6 Å². The lowest BCUT2D eigenvalue weighted by Gasteiger charge is -2.38. The van der Waals surface area contributed by atoms with Crippen LogP contribution in [0.1, 0.15) is 28.9 Å². The van der Waals surface area contributed by atoms with Crippen molar-refractivity contribution in [2.75, 3.05) is 0 Å². The first-order chi connectivity index (χ1) is 10.7. The van der Waals surface area contributed by atoms with Gasteiger partial charge in [0.15, 0.2) is 0 Å². The number of rotatable bonds is 5. The Labute approximate surface area is 128 Å². The van der Waals surface area contributed by atoms with Crippen LogP contribution in [0.5, 0.6) is 0 Å². The molecule has 0 aliphatic heterocycles. The van der Waals surface area contributed by atoms with Gasteiger partial charge in [0.25, 0.3) is 5.91 Å². The van der Waals surface area contributed by atoms with Crippen LogP contribution in [-0.2, 0) is 6.42 Å². The monoisotopic (exact) mass is 298 g/mol. The number of nitrogens with one attached hydrogen (secondary N) is 1. The summed E-state index contributed by atoms with van der Waals surface area (Å²) in [6.07, 6.45) is 9.87. The van der Waals surface area contributed by atoms with E-state index in [-0.39, 0.29) is 24.0 Å². The van der Waals surface area contributed by atoms with E-state index in [1.54, 1.807) is 12.4 Å². The number of aliphatic hydroxyl groups excluding tert-OH is 1. The Bertz CT molecular complexity index is 615.